The highest BCUT2D eigenvalue weighted by atomic mass is 16.1. The zero-order valence-corrected chi connectivity index (χ0v) is 13.1. The average Bonchev–Trinajstić information content (AvgIpc) is 2.45. The standard InChI is InChI=1S/C19H21NO/c1-14-5-11-18(15(2)13-14)19(21)12-8-16-6-9-17(10-7-16)20(3)4/h5-13H,1-4H3. The first-order valence-corrected chi connectivity index (χ1v) is 7.04. The Bertz CT molecular complexity index is 666. The Morgan fingerprint density at radius 2 is 1.67 bits per heavy atom. The van der Waals surface area contributed by atoms with Crippen molar-refractivity contribution in [1.29, 1.82) is 0 Å². The van der Waals surface area contributed by atoms with E-state index >= 15 is 0 Å². The van der Waals surface area contributed by atoms with Crippen LogP contribution in [0.4, 0.5) is 5.69 Å². The molecule has 2 rings (SSSR count). The molecule has 0 radical (unpaired) electrons. The molecule has 2 heteroatoms. The highest BCUT2D eigenvalue weighted by Gasteiger charge is 2.05. The summed E-state index contributed by atoms with van der Waals surface area (Å²) in [6, 6.07) is 14.0. The number of allylic oxidation sites excluding steroid dienone is 1. The number of hydrogen-bond donors (Lipinski definition) is 0. The van der Waals surface area contributed by atoms with E-state index in [0.29, 0.717) is 0 Å². The maximum atomic E-state index is 12.2. The number of aryl methyl sites for hydroxylation is 2. The van der Waals surface area contributed by atoms with Crippen LogP contribution in [0.5, 0.6) is 0 Å². The molecule has 0 aromatic heterocycles. The fourth-order valence-corrected chi connectivity index (χ4v) is 2.24. The molecule has 2 aromatic carbocycles. The number of carbonyl (C=O) groups excluding carboxylic acids is 1. The van der Waals surface area contributed by atoms with Crippen molar-refractivity contribution in [3.05, 3.63) is 70.8 Å². The summed E-state index contributed by atoms with van der Waals surface area (Å²) in [5.41, 5.74) is 5.13. The summed E-state index contributed by atoms with van der Waals surface area (Å²) in [5.74, 6) is 0.0455. The van der Waals surface area contributed by atoms with E-state index in [-0.39, 0.29) is 5.78 Å². The van der Waals surface area contributed by atoms with E-state index in [0.717, 1.165) is 22.4 Å². The fourth-order valence-electron chi connectivity index (χ4n) is 2.24. The molecule has 2 nitrogen and oxygen atoms in total. The van der Waals surface area contributed by atoms with E-state index in [1.54, 1.807) is 6.08 Å². The molecule has 0 spiro atoms. The number of carbonyl (C=O) groups is 1. The third-order valence-electron chi connectivity index (χ3n) is 3.48. The van der Waals surface area contributed by atoms with Crippen LogP contribution in [0.25, 0.3) is 6.08 Å². The predicted octanol–water partition coefficient (Wildman–Crippen LogP) is 4.27. The largest absolute Gasteiger partial charge is 0.378 e. The van der Waals surface area contributed by atoms with Crippen molar-refractivity contribution in [3.8, 4) is 0 Å². The normalized spacial score (nSPS) is 10.9. The van der Waals surface area contributed by atoms with Gasteiger partial charge in [0.15, 0.2) is 5.78 Å². The minimum Gasteiger partial charge on any atom is -0.378 e. The van der Waals surface area contributed by atoms with E-state index in [9.17, 15) is 4.79 Å². The van der Waals surface area contributed by atoms with Gasteiger partial charge in [0, 0.05) is 25.3 Å². The second-order valence-electron chi connectivity index (χ2n) is 5.50. The molecule has 0 aliphatic rings. The summed E-state index contributed by atoms with van der Waals surface area (Å²) in [5, 5.41) is 0. The second-order valence-corrected chi connectivity index (χ2v) is 5.50. The lowest BCUT2D eigenvalue weighted by molar-refractivity contribution is 0.104. The topological polar surface area (TPSA) is 20.3 Å². The SMILES string of the molecule is Cc1ccc(C(=O)C=Cc2ccc(N(C)C)cc2)c(C)c1. The van der Waals surface area contributed by atoms with Crippen molar-refractivity contribution < 1.29 is 4.79 Å². The molecular formula is C19H21NO. The van der Waals surface area contributed by atoms with E-state index in [1.165, 1.54) is 5.56 Å². The molecule has 0 bridgehead atoms. The Balaban J connectivity index is 2.15. The van der Waals surface area contributed by atoms with Gasteiger partial charge in [0.1, 0.15) is 0 Å². The molecular weight excluding hydrogens is 258 g/mol. The first-order chi connectivity index (χ1) is 9.97. The second kappa shape index (κ2) is 6.40. The summed E-state index contributed by atoms with van der Waals surface area (Å²) in [4.78, 5) is 14.3. The molecule has 0 N–H and O–H groups in total. The third kappa shape index (κ3) is 3.82. The van der Waals surface area contributed by atoms with Gasteiger partial charge < -0.3 is 4.90 Å². The molecule has 108 valence electrons. The van der Waals surface area contributed by atoms with Crippen LogP contribution in [0.1, 0.15) is 27.0 Å². The molecule has 0 amide bonds. The van der Waals surface area contributed by atoms with Gasteiger partial charge in [-0.05, 0) is 43.2 Å². The summed E-state index contributed by atoms with van der Waals surface area (Å²) in [6.45, 7) is 4.00. The van der Waals surface area contributed by atoms with Crippen molar-refractivity contribution in [1.82, 2.24) is 0 Å². The van der Waals surface area contributed by atoms with Gasteiger partial charge in [0.05, 0.1) is 0 Å². The van der Waals surface area contributed by atoms with Crippen LogP contribution in [0, 0.1) is 13.8 Å². The first kappa shape index (κ1) is 15.0. The van der Waals surface area contributed by atoms with Crippen LogP contribution in [0.15, 0.2) is 48.5 Å². The predicted molar refractivity (Wildman–Crippen MR) is 90.0 cm³/mol. The lowest BCUT2D eigenvalue weighted by Gasteiger charge is -2.11. The summed E-state index contributed by atoms with van der Waals surface area (Å²) < 4.78 is 0. The van der Waals surface area contributed by atoms with Gasteiger partial charge in [-0.1, -0.05) is 42.0 Å². The fraction of sp³-hybridized carbons (Fsp3) is 0.211. The lowest BCUT2D eigenvalue weighted by Crippen LogP contribution is -2.07. The highest BCUT2D eigenvalue weighted by molar-refractivity contribution is 6.07. The van der Waals surface area contributed by atoms with Crippen molar-refractivity contribution >= 4 is 17.5 Å². The number of benzene rings is 2. The molecule has 0 aliphatic carbocycles. The van der Waals surface area contributed by atoms with Crippen molar-refractivity contribution in [2.24, 2.45) is 0 Å². The molecule has 0 heterocycles. The summed E-state index contributed by atoms with van der Waals surface area (Å²) in [6.07, 6.45) is 3.50. The number of hydrogen-bond acceptors (Lipinski definition) is 2. The van der Waals surface area contributed by atoms with Crippen LogP contribution in [-0.4, -0.2) is 19.9 Å². The zero-order chi connectivity index (χ0) is 15.4. The van der Waals surface area contributed by atoms with Gasteiger partial charge in [-0.15, -0.1) is 0 Å². The third-order valence-corrected chi connectivity index (χ3v) is 3.48. The van der Waals surface area contributed by atoms with Gasteiger partial charge >= 0.3 is 0 Å². The van der Waals surface area contributed by atoms with Crippen LogP contribution in [0.2, 0.25) is 0 Å². The van der Waals surface area contributed by atoms with Gasteiger partial charge in [0.25, 0.3) is 0 Å². The number of rotatable bonds is 4. The molecule has 2 aromatic rings. The molecule has 0 aliphatic heterocycles. The van der Waals surface area contributed by atoms with E-state index < -0.39 is 0 Å². The number of anilines is 1. The Labute approximate surface area is 126 Å². The van der Waals surface area contributed by atoms with Gasteiger partial charge in [0.2, 0.25) is 0 Å². The van der Waals surface area contributed by atoms with Gasteiger partial charge in [-0.2, -0.15) is 0 Å². The monoisotopic (exact) mass is 279 g/mol. The maximum Gasteiger partial charge on any atom is 0.186 e. The molecule has 0 saturated carbocycles. The van der Waals surface area contributed by atoms with Crippen molar-refractivity contribution in [2.45, 2.75) is 13.8 Å². The Kier molecular flexibility index (Phi) is 4.59. The van der Waals surface area contributed by atoms with Crippen LogP contribution >= 0.6 is 0 Å². The Morgan fingerprint density at radius 1 is 1.00 bits per heavy atom. The number of nitrogens with zero attached hydrogens (tertiary/aromatic N) is 1. The smallest absolute Gasteiger partial charge is 0.186 e. The van der Waals surface area contributed by atoms with Crippen molar-refractivity contribution in [3.63, 3.8) is 0 Å². The van der Waals surface area contributed by atoms with Gasteiger partial charge in [-0.3, -0.25) is 4.79 Å². The Hall–Kier alpha value is -2.35. The summed E-state index contributed by atoms with van der Waals surface area (Å²) in [7, 11) is 4.02. The van der Waals surface area contributed by atoms with Crippen LogP contribution in [-0.2, 0) is 0 Å². The molecule has 0 saturated heterocycles. The minimum absolute atomic E-state index is 0.0455. The average molecular weight is 279 g/mol. The lowest BCUT2D eigenvalue weighted by atomic mass is 10.0. The minimum atomic E-state index is 0.0455. The van der Waals surface area contributed by atoms with Crippen LogP contribution in [0.3, 0.4) is 0 Å². The van der Waals surface area contributed by atoms with Gasteiger partial charge in [-0.25, -0.2) is 0 Å². The Morgan fingerprint density at radius 3 is 2.24 bits per heavy atom. The number of ketones is 1. The molecule has 0 fully saturated rings. The first-order valence-electron chi connectivity index (χ1n) is 7.04. The van der Waals surface area contributed by atoms with Crippen LogP contribution < -0.4 is 4.90 Å². The van der Waals surface area contributed by atoms with E-state index in [4.69, 9.17) is 0 Å². The quantitative estimate of drug-likeness (QED) is 0.615. The zero-order valence-electron chi connectivity index (χ0n) is 13.1. The highest BCUT2D eigenvalue weighted by Crippen LogP contribution is 2.15. The van der Waals surface area contributed by atoms with E-state index in [2.05, 4.69) is 0 Å². The maximum absolute atomic E-state index is 12.2. The van der Waals surface area contributed by atoms with E-state index in [1.807, 2.05) is 81.4 Å². The molecule has 0 atom stereocenters. The molecule has 21 heavy (non-hydrogen) atoms. The van der Waals surface area contributed by atoms with Crippen molar-refractivity contribution in [2.75, 3.05) is 19.0 Å². The summed E-state index contributed by atoms with van der Waals surface area (Å²) >= 11 is 0. The molecule has 0 unspecified atom stereocenters.